The number of halogens is 2. The first-order valence-electron chi connectivity index (χ1n) is 13.2. The second-order valence-corrected chi connectivity index (χ2v) is 11.7. The molecule has 8 rings (SSSR count). The van der Waals surface area contributed by atoms with Gasteiger partial charge in [-0.15, -0.1) is 0 Å². The van der Waals surface area contributed by atoms with Gasteiger partial charge in [0.1, 0.15) is 0 Å². The molecular formula is C37H22BrCl. The highest BCUT2D eigenvalue weighted by atomic mass is 79.9. The van der Waals surface area contributed by atoms with Crippen LogP contribution in [0.25, 0.3) is 44.5 Å². The Bertz CT molecular complexity index is 1870. The highest BCUT2D eigenvalue weighted by Gasteiger charge is 2.52. The molecule has 0 aliphatic heterocycles. The van der Waals surface area contributed by atoms with Gasteiger partial charge >= 0.3 is 0 Å². The molecular weight excluding hydrogens is 560 g/mol. The minimum absolute atomic E-state index is 0.383. The van der Waals surface area contributed by atoms with Crippen molar-refractivity contribution in [3.8, 4) is 44.5 Å². The molecule has 0 nitrogen and oxygen atoms in total. The molecule has 2 heteroatoms. The molecule has 0 aromatic heterocycles. The number of benzene rings is 6. The fourth-order valence-electron chi connectivity index (χ4n) is 6.88. The first-order valence-corrected chi connectivity index (χ1v) is 14.3. The summed E-state index contributed by atoms with van der Waals surface area (Å²) in [5, 5.41) is 0.746. The molecule has 0 saturated carbocycles. The molecule has 0 unspecified atom stereocenters. The molecule has 6 aromatic carbocycles. The maximum absolute atomic E-state index is 6.30. The van der Waals surface area contributed by atoms with E-state index in [1.54, 1.807) is 0 Å². The van der Waals surface area contributed by atoms with Crippen LogP contribution >= 0.6 is 27.5 Å². The maximum atomic E-state index is 6.30. The predicted molar refractivity (Wildman–Crippen MR) is 166 cm³/mol. The van der Waals surface area contributed by atoms with E-state index in [1.165, 1.54) is 61.2 Å². The highest BCUT2D eigenvalue weighted by Crippen LogP contribution is 2.64. The average Bonchev–Trinajstić information content (AvgIpc) is 3.45. The second-order valence-electron chi connectivity index (χ2n) is 10.3. The predicted octanol–water partition coefficient (Wildman–Crippen LogP) is 10.8. The van der Waals surface area contributed by atoms with Crippen LogP contribution in [0.4, 0.5) is 0 Å². The summed E-state index contributed by atoms with van der Waals surface area (Å²) in [4.78, 5) is 0. The summed E-state index contributed by atoms with van der Waals surface area (Å²) in [6.07, 6.45) is 0. The van der Waals surface area contributed by atoms with Crippen molar-refractivity contribution in [1.82, 2.24) is 0 Å². The molecule has 0 amide bonds. The molecule has 0 heterocycles. The number of fused-ring (bicyclic) bond motifs is 10. The summed E-state index contributed by atoms with van der Waals surface area (Å²) in [5.41, 5.74) is 15.1. The van der Waals surface area contributed by atoms with Gasteiger partial charge in [0.05, 0.1) is 5.41 Å². The standard InChI is InChI=1S/C37H22BrCl/c38-26-17-13-24(14-18-26)31-21-25(23-15-19-27(39)20-16-23)22-35-36(31)30-9-3-6-12-34(30)37(35)32-10-4-1-7-28(32)29-8-2-5-11-33(29)37/h1-22H. The third-order valence-corrected chi connectivity index (χ3v) is 9.21. The van der Waals surface area contributed by atoms with Crippen LogP contribution in [0.5, 0.6) is 0 Å². The van der Waals surface area contributed by atoms with Crippen molar-refractivity contribution in [2.75, 3.05) is 0 Å². The van der Waals surface area contributed by atoms with Crippen LogP contribution < -0.4 is 0 Å². The molecule has 0 bridgehead atoms. The summed E-state index contributed by atoms with van der Waals surface area (Å²) in [6.45, 7) is 0. The van der Waals surface area contributed by atoms with Gasteiger partial charge in [0, 0.05) is 9.50 Å². The lowest BCUT2D eigenvalue weighted by atomic mass is 9.70. The summed E-state index contributed by atoms with van der Waals surface area (Å²) in [6, 6.07) is 48.6. The fourth-order valence-corrected chi connectivity index (χ4v) is 7.27. The van der Waals surface area contributed by atoms with Gasteiger partial charge in [-0.25, -0.2) is 0 Å². The summed E-state index contributed by atoms with van der Waals surface area (Å²) < 4.78 is 1.08. The average molecular weight is 582 g/mol. The topological polar surface area (TPSA) is 0 Å². The van der Waals surface area contributed by atoms with Crippen LogP contribution in [0.2, 0.25) is 5.02 Å². The number of hydrogen-bond acceptors (Lipinski definition) is 0. The van der Waals surface area contributed by atoms with E-state index >= 15 is 0 Å². The largest absolute Gasteiger partial charge is 0.0843 e. The monoisotopic (exact) mass is 580 g/mol. The van der Waals surface area contributed by atoms with E-state index < -0.39 is 0 Å². The molecule has 0 saturated heterocycles. The van der Waals surface area contributed by atoms with Crippen LogP contribution in [-0.4, -0.2) is 0 Å². The highest BCUT2D eigenvalue weighted by molar-refractivity contribution is 9.10. The van der Waals surface area contributed by atoms with Crippen molar-refractivity contribution >= 4 is 27.5 Å². The lowest BCUT2D eigenvalue weighted by molar-refractivity contribution is 0.794. The van der Waals surface area contributed by atoms with Gasteiger partial charge in [-0.05, 0) is 103 Å². The molecule has 0 radical (unpaired) electrons. The van der Waals surface area contributed by atoms with Gasteiger partial charge < -0.3 is 0 Å². The number of rotatable bonds is 2. The van der Waals surface area contributed by atoms with E-state index in [1.807, 2.05) is 12.1 Å². The lowest BCUT2D eigenvalue weighted by Gasteiger charge is -2.31. The molecule has 184 valence electrons. The second kappa shape index (κ2) is 8.55. The van der Waals surface area contributed by atoms with Crippen LogP contribution in [0, 0.1) is 0 Å². The van der Waals surface area contributed by atoms with Crippen molar-refractivity contribution < 1.29 is 0 Å². The molecule has 1 spiro atoms. The Kier molecular flexibility index (Phi) is 5.04. The smallest absolute Gasteiger partial charge is 0.0725 e. The van der Waals surface area contributed by atoms with Gasteiger partial charge in [0.25, 0.3) is 0 Å². The SMILES string of the molecule is Clc1ccc(-c2cc(-c3ccc(Br)cc3)c3c(c2)C2(c4ccccc4-c4ccccc42)c2ccccc2-3)cc1. The van der Waals surface area contributed by atoms with E-state index in [4.69, 9.17) is 11.6 Å². The molecule has 2 aliphatic rings. The third kappa shape index (κ3) is 3.18. The normalized spacial score (nSPS) is 13.6. The van der Waals surface area contributed by atoms with Crippen molar-refractivity contribution in [2.24, 2.45) is 0 Å². The Labute approximate surface area is 241 Å². The molecule has 0 N–H and O–H groups in total. The van der Waals surface area contributed by atoms with Crippen molar-refractivity contribution in [2.45, 2.75) is 5.41 Å². The molecule has 2 aliphatic carbocycles. The Balaban J connectivity index is 1.56. The van der Waals surface area contributed by atoms with Crippen LogP contribution in [0.1, 0.15) is 22.3 Å². The molecule has 6 aromatic rings. The van der Waals surface area contributed by atoms with Gasteiger partial charge in [-0.1, -0.05) is 125 Å². The van der Waals surface area contributed by atoms with E-state index in [-0.39, 0.29) is 5.41 Å². The first kappa shape index (κ1) is 23.0. The first-order chi connectivity index (χ1) is 19.2. The number of hydrogen-bond donors (Lipinski definition) is 0. The van der Waals surface area contributed by atoms with Crippen molar-refractivity contribution in [3.63, 3.8) is 0 Å². The van der Waals surface area contributed by atoms with E-state index in [0.717, 1.165) is 15.1 Å². The minimum atomic E-state index is -0.383. The minimum Gasteiger partial charge on any atom is -0.0843 e. The fraction of sp³-hybridized carbons (Fsp3) is 0.0270. The Morgan fingerprint density at radius 2 is 0.949 bits per heavy atom. The van der Waals surface area contributed by atoms with E-state index in [0.29, 0.717) is 0 Å². The maximum Gasteiger partial charge on any atom is 0.0725 e. The lowest BCUT2D eigenvalue weighted by Crippen LogP contribution is -2.25. The van der Waals surface area contributed by atoms with Gasteiger partial charge in [0.2, 0.25) is 0 Å². The van der Waals surface area contributed by atoms with Gasteiger partial charge in [-0.3, -0.25) is 0 Å². The van der Waals surface area contributed by atoms with Crippen molar-refractivity contribution in [3.05, 3.63) is 165 Å². The van der Waals surface area contributed by atoms with E-state index in [9.17, 15) is 0 Å². The zero-order valence-electron chi connectivity index (χ0n) is 21.0. The van der Waals surface area contributed by atoms with Crippen LogP contribution in [0.3, 0.4) is 0 Å². The third-order valence-electron chi connectivity index (χ3n) is 8.43. The Morgan fingerprint density at radius 3 is 1.56 bits per heavy atom. The molecule has 0 atom stereocenters. The Hall–Kier alpha value is -3.91. The van der Waals surface area contributed by atoms with Gasteiger partial charge in [0.15, 0.2) is 0 Å². The molecule has 39 heavy (non-hydrogen) atoms. The van der Waals surface area contributed by atoms with E-state index in [2.05, 4.69) is 137 Å². The van der Waals surface area contributed by atoms with Crippen LogP contribution in [-0.2, 0) is 5.41 Å². The van der Waals surface area contributed by atoms with Crippen LogP contribution in [0.15, 0.2) is 138 Å². The quantitative estimate of drug-likeness (QED) is 0.190. The molecule has 0 fully saturated rings. The zero-order chi connectivity index (χ0) is 26.1. The zero-order valence-corrected chi connectivity index (χ0v) is 23.3. The van der Waals surface area contributed by atoms with Gasteiger partial charge in [-0.2, -0.15) is 0 Å². The summed E-state index contributed by atoms with van der Waals surface area (Å²) >= 11 is 9.94. The Morgan fingerprint density at radius 1 is 0.436 bits per heavy atom. The van der Waals surface area contributed by atoms with Crippen molar-refractivity contribution in [1.29, 1.82) is 0 Å². The summed E-state index contributed by atoms with van der Waals surface area (Å²) in [7, 11) is 0. The summed E-state index contributed by atoms with van der Waals surface area (Å²) in [5.74, 6) is 0.